The molecule has 2 aromatic rings. The van der Waals surface area contributed by atoms with Crippen molar-refractivity contribution in [2.45, 2.75) is 33.4 Å². The molecule has 1 unspecified atom stereocenters. The molecule has 0 bridgehead atoms. The molecular weight excluding hydrogens is 331 g/mol. The minimum absolute atomic E-state index is 0.0360. The van der Waals surface area contributed by atoms with Crippen LogP contribution in [0.2, 0.25) is 0 Å². The molecule has 1 aromatic heterocycles. The third-order valence-electron chi connectivity index (χ3n) is 3.80. The van der Waals surface area contributed by atoms with E-state index in [4.69, 9.17) is 4.74 Å². The summed E-state index contributed by atoms with van der Waals surface area (Å²) in [6.07, 6.45) is 1.57. The van der Waals surface area contributed by atoms with Gasteiger partial charge in [0, 0.05) is 13.2 Å². The number of ether oxygens (including phenoxy) is 1. The molecule has 1 aromatic carbocycles. The van der Waals surface area contributed by atoms with E-state index in [9.17, 15) is 4.39 Å². The number of halogens is 1. The van der Waals surface area contributed by atoms with Crippen molar-refractivity contribution in [1.29, 1.82) is 0 Å². The van der Waals surface area contributed by atoms with Crippen molar-refractivity contribution in [3.63, 3.8) is 0 Å². The lowest BCUT2D eigenvalue weighted by Crippen LogP contribution is -2.38. The van der Waals surface area contributed by atoms with Gasteiger partial charge in [0.2, 0.25) is 0 Å². The van der Waals surface area contributed by atoms with Gasteiger partial charge in [0.05, 0.1) is 24.9 Å². The van der Waals surface area contributed by atoms with Crippen LogP contribution in [0.3, 0.4) is 0 Å². The van der Waals surface area contributed by atoms with Gasteiger partial charge < -0.3 is 15.4 Å². The summed E-state index contributed by atoms with van der Waals surface area (Å²) in [7, 11) is 1.68. The molecular formula is C20H27FN4O. The van der Waals surface area contributed by atoms with Crippen molar-refractivity contribution in [3.05, 3.63) is 59.7 Å². The average Bonchev–Trinajstić information content (AvgIpc) is 2.64. The van der Waals surface area contributed by atoms with Crippen molar-refractivity contribution in [2.24, 2.45) is 10.9 Å². The minimum Gasteiger partial charge on any atom is -0.493 e. The maximum atomic E-state index is 13.6. The Bertz CT molecular complexity index is 716. The zero-order valence-electron chi connectivity index (χ0n) is 15.8. The van der Waals surface area contributed by atoms with E-state index in [1.807, 2.05) is 31.2 Å². The zero-order chi connectivity index (χ0) is 18.9. The van der Waals surface area contributed by atoms with Gasteiger partial charge in [-0.05, 0) is 42.7 Å². The van der Waals surface area contributed by atoms with E-state index in [0.717, 1.165) is 11.3 Å². The molecule has 6 heteroatoms. The summed E-state index contributed by atoms with van der Waals surface area (Å²) in [5.41, 5.74) is 1.46. The molecule has 0 aliphatic carbocycles. The average molecular weight is 358 g/mol. The van der Waals surface area contributed by atoms with Gasteiger partial charge in [-0.1, -0.05) is 26.0 Å². The van der Waals surface area contributed by atoms with Gasteiger partial charge >= 0.3 is 0 Å². The van der Waals surface area contributed by atoms with Crippen LogP contribution in [-0.4, -0.2) is 24.6 Å². The fourth-order valence-electron chi connectivity index (χ4n) is 2.31. The normalized spacial score (nSPS) is 12.8. The number of hydrogen-bond donors (Lipinski definition) is 2. The first-order valence-corrected chi connectivity index (χ1v) is 8.79. The molecule has 140 valence electrons. The first-order chi connectivity index (χ1) is 12.5. The minimum atomic E-state index is -0.333. The summed E-state index contributed by atoms with van der Waals surface area (Å²) < 4.78 is 19.4. The Morgan fingerprint density at radius 3 is 2.54 bits per heavy atom. The van der Waals surface area contributed by atoms with E-state index >= 15 is 0 Å². The summed E-state index contributed by atoms with van der Waals surface area (Å²) in [5, 5.41) is 6.37. The number of hydrogen-bond acceptors (Lipinski definition) is 3. The number of pyridine rings is 1. The highest BCUT2D eigenvalue weighted by atomic mass is 19.1. The van der Waals surface area contributed by atoms with Gasteiger partial charge in [-0.25, -0.2) is 4.39 Å². The van der Waals surface area contributed by atoms with Crippen LogP contribution in [0.4, 0.5) is 4.39 Å². The molecule has 26 heavy (non-hydrogen) atoms. The third-order valence-corrected chi connectivity index (χ3v) is 3.80. The Hall–Kier alpha value is -2.63. The van der Waals surface area contributed by atoms with Crippen molar-refractivity contribution < 1.29 is 9.13 Å². The quantitative estimate of drug-likeness (QED) is 0.585. The van der Waals surface area contributed by atoms with E-state index < -0.39 is 0 Å². The maximum Gasteiger partial charge on any atom is 0.191 e. The first-order valence-electron chi connectivity index (χ1n) is 8.79. The fraction of sp³-hybridized carbons (Fsp3) is 0.400. The molecule has 5 nitrogen and oxygen atoms in total. The molecule has 2 rings (SSSR count). The van der Waals surface area contributed by atoms with E-state index in [1.165, 1.54) is 6.07 Å². The molecule has 0 amide bonds. The molecule has 0 saturated carbocycles. The molecule has 0 saturated heterocycles. The molecule has 0 aliphatic rings. The Kier molecular flexibility index (Phi) is 7.38. The topological polar surface area (TPSA) is 58.5 Å². The van der Waals surface area contributed by atoms with E-state index in [0.29, 0.717) is 24.2 Å². The van der Waals surface area contributed by atoms with Crippen LogP contribution >= 0.6 is 0 Å². The summed E-state index contributed by atoms with van der Waals surface area (Å²) in [4.78, 5) is 8.21. The summed E-state index contributed by atoms with van der Waals surface area (Å²) in [6, 6.07) is 11.0. The molecule has 0 aliphatic heterocycles. The molecule has 2 N–H and O–H groups in total. The SMILES string of the molecule is CN=C(NCc1ncccc1F)NC(C)c1ccc(OCC(C)C)cc1. The van der Waals surface area contributed by atoms with Crippen LogP contribution in [0, 0.1) is 11.7 Å². The molecule has 1 heterocycles. The van der Waals surface area contributed by atoms with Crippen molar-refractivity contribution in [3.8, 4) is 5.75 Å². The molecule has 1 atom stereocenters. The summed E-state index contributed by atoms with van der Waals surface area (Å²) in [6.45, 7) is 7.25. The highest BCUT2D eigenvalue weighted by molar-refractivity contribution is 5.80. The highest BCUT2D eigenvalue weighted by Crippen LogP contribution is 2.18. The smallest absolute Gasteiger partial charge is 0.191 e. The van der Waals surface area contributed by atoms with Crippen LogP contribution in [0.15, 0.2) is 47.6 Å². The lowest BCUT2D eigenvalue weighted by molar-refractivity contribution is 0.271. The van der Waals surface area contributed by atoms with Gasteiger partial charge in [0.15, 0.2) is 5.96 Å². The number of nitrogens with zero attached hydrogens (tertiary/aromatic N) is 2. The standard InChI is InChI=1S/C20H27FN4O/c1-14(2)13-26-17-9-7-16(8-10-17)15(3)25-20(22-4)24-12-19-18(21)6-5-11-23-19/h5-11,14-15H,12-13H2,1-4H3,(H2,22,24,25). The predicted molar refractivity (Wildman–Crippen MR) is 103 cm³/mol. The largest absolute Gasteiger partial charge is 0.493 e. The number of aliphatic imine (C=N–C) groups is 1. The van der Waals surface area contributed by atoms with Gasteiger partial charge in [-0.2, -0.15) is 0 Å². The Morgan fingerprint density at radius 1 is 1.19 bits per heavy atom. The number of nitrogens with one attached hydrogen (secondary N) is 2. The van der Waals surface area contributed by atoms with Crippen molar-refractivity contribution in [1.82, 2.24) is 15.6 Å². The maximum absolute atomic E-state index is 13.6. The predicted octanol–water partition coefficient (Wildman–Crippen LogP) is 3.68. The van der Waals surface area contributed by atoms with Gasteiger partial charge in [0.25, 0.3) is 0 Å². The molecule has 0 fully saturated rings. The van der Waals surface area contributed by atoms with Gasteiger partial charge in [-0.15, -0.1) is 0 Å². The van der Waals surface area contributed by atoms with Gasteiger partial charge in [0.1, 0.15) is 11.6 Å². The lowest BCUT2D eigenvalue weighted by atomic mass is 10.1. The van der Waals surface area contributed by atoms with Gasteiger partial charge in [-0.3, -0.25) is 9.98 Å². The number of guanidine groups is 1. The molecule has 0 spiro atoms. The van der Waals surface area contributed by atoms with Crippen LogP contribution in [0.5, 0.6) is 5.75 Å². The van der Waals surface area contributed by atoms with Crippen LogP contribution in [0.25, 0.3) is 0 Å². The fourth-order valence-corrected chi connectivity index (χ4v) is 2.31. The number of benzene rings is 1. The van der Waals surface area contributed by atoms with Crippen LogP contribution in [-0.2, 0) is 6.54 Å². The Balaban J connectivity index is 1.90. The zero-order valence-corrected chi connectivity index (χ0v) is 15.8. The van der Waals surface area contributed by atoms with E-state index in [-0.39, 0.29) is 18.4 Å². The highest BCUT2D eigenvalue weighted by Gasteiger charge is 2.09. The second kappa shape index (κ2) is 9.75. The van der Waals surface area contributed by atoms with E-state index in [2.05, 4.69) is 34.5 Å². The van der Waals surface area contributed by atoms with Crippen LogP contribution < -0.4 is 15.4 Å². The first kappa shape index (κ1) is 19.7. The second-order valence-corrected chi connectivity index (χ2v) is 6.50. The number of aromatic nitrogens is 1. The summed E-state index contributed by atoms with van der Waals surface area (Å²) >= 11 is 0. The van der Waals surface area contributed by atoms with Crippen molar-refractivity contribution in [2.75, 3.05) is 13.7 Å². The second-order valence-electron chi connectivity index (χ2n) is 6.50. The molecule has 0 radical (unpaired) electrons. The van der Waals surface area contributed by atoms with Crippen molar-refractivity contribution >= 4 is 5.96 Å². The Morgan fingerprint density at radius 2 is 1.92 bits per heavy atom. The third kappa shape index (κ3) is 6.02. The summed E-state index contributed by atoms with van der Waals surface area (Å²) in [5.74, 6) is 1.61. The number of rotatable bonds is 7. The van der Waals surface area contributed by atoms with Crippen LogP contribution in [0.1, 0.15) is 38.1 Å². The lowest BCUT2D eigenvalue weighted by Gasteiger charge is -2.19. The monoisotopic (exact) mass is 358 g/mol. The Labute approximate surface area is 154 Å². The van der Waals surface area contributed by atoms with E-state index in [1.54, 1.807) is 19.3 Å².